The molecule has 0 aromatic carbocycles. The highest BCUT2D eigenvalue weighted by Gasteiger charge is 2.17. The van der Waals surface area contributed by atoms with Crippen molar-refractivity contribution in [2.75, 3.05) is 0 Å². The molecule has 2 heteroatoms. The maximum Gasteiger partial charge on any atom is 0.151 e. The number of rotatable bonds is 17. The first-order chi connectivity index (χ1) is 11.0. The fourth-order valence-electron chi connectivity index (χ4n) is 3.04. The Morgan fingerprint density at radius 2 is 1.09 bits per heavy atom. The van der Waals surface area contributed by atoms with Gasteiger partial charge in [0, 0.05) is 0 Å². The van der Waals surface area contributed by atoms with Crippen molar-refractivity contribution in [1.82, 2.24) is 0 Å². The maximum atomic E-state index is 10.6. The molecule has 0 aliphatic heterocycles. The van der Waals surface area contributed by atoms with E-state index in [-0.39, 0.29) is 0 Å². The van der Waals surface area contributed by atoms with Crippen molar-refractivity contribution >= 4 is 6.29 Å². The molecule has 0 amide bonds. The molecule has 0 rings (SSSR count). The van der Waals surface area contributed by atoms with Crippen molar-refractivity contribution in [3.05, 3.63) is 0 Å². The van der Waals surface area contributed by atoms with Gasteiger partial charge in [-0.1, -0.05) is 104 Å². The predicted octanol–water partition coefficient (Wildman–Crippen LogP) is 6.44. The zero-order valence-electron chi connectivity index (χ0n) is 16.1. The van der Waals surface area contributed by atoms with Gasteiger partial charge < -0.3 is 9.90 Å². The maximum absolute atomic E-state index is 10.6. The Balaban J connectivity index is 3.10. The van der Waals surface area contributed by atoms with Crippen molar-refractivity contribution in [3.8, 4) is 0 Å². The molecule has 0 saturated carbocycles. The first-order valence-corrected chi connectivity index (χ1v) is 10.2. The lowest BCUT2D eigenvalue weighted by Gasteiger charge is -2.14. The number of carbonyl (C=O) groups excluding carboxylic acids is 1. The van der Waals surface area contributed by atoms with Crippen LogP contribution in [0.4, 0.5) is 0 Å². The molecule has 0 radical (unpaired) electrons. The minimum Gasteiger partial charge on any atom is -0.383 e. The van der Waals surface area contributed by atoms with Crippen molar-refractivity contribution in [2.45, 2.75) is 123 Å². The van der Waals surface area contributed by atoms with E-state index < -0.39 is 5.60 Å². The first kappa shape index (κ1) is 22.6. The Morgan fingerprint density at radius 1 is 0.739 bits per heavy atom. The first-order valence-electron chi connectivity index (χ1n) is 10.2. The summed E-state index contributed by atoms with van der Waals surface area (Å²) in [5.74, 6) is 0.869. The fourth-order valence-corrected chi connectivity index (χ4v) is 3.04. The van der Waals surface area contributed by atoms with Crippen LogP contribution in [0.15, 0.2) is 0 Å². The van der Waals surface area contributed by atoms with Crippen molar-refractivity contribution in [2.24, 2.45) is 5.92 Å². The SMILES string of the molecule is CC(C)CCCCCCCCCCCCCCCC(C)(O)C=O. The second kappa shape index (κ2) is 15.2. The molecule has 138 valence electrons. The van der Waals surface area contributed by atoms with Crippen LogP contribution >= 0.6 is 0 Å². The summed E-state index contributed by atoms with van der Waals surface area (Å²) in [6.07, 6.45) is 19.9. The van der Waals surface area contributed by atoms with Gasteiger partial charge in [0.1, 0.15) is 5.60 Å². The second-order valence-corrected chi connectivity index (χ2v) is 8.00. The third-order valence-electron chi connectivity index (χ3n) is 4.72. The van der Waals surface area contributed by atoms with E-state index in [4.69, 9.17) is 0 Å². The minimum absolute atomic E-state index is 0.605. The molecule has 0 saturated heterocycles. The average Bonchev–Trinajstić information content (AvgIpc) is 2.50. The van der Waals surface area contributed by atoms with Crippen molar-refractivity contribution in [1.29, 1.82) is 0 Å². The molecule has 0 aliphatic carbocycles. The lowest BCUT2D eigenvalue weighted by molar-refractivity contribution is -0.123. The van der Waals surface area contributed by atoms with Crippen LogP contribution in [0.25, 0.3) is 0 Å². The summed E-state index contributed by atoms with van der Waals surface area (Å²) in [6.45, 7) is 6.23. The number of hydrogen-bond donors (Lipinski definition) is 1. The fraction of sp³-hybridized carbons (Fsp3) is 0.952. The third kappa shape index (κ3) is 17.8. The minimum atomic E-state index is -1.10. The van der Waals surface area contributed by atoms with E-state index in [9.17, 15) is 9.90 Å². The van der Waals surface area contributed by atoms with Gasteiger partial charge >= 0.3 is 0 Å². The van der Waals surface area contributed by atoms with E-state index in [1.54, 1.807) is 6.92 Å². The Labute approximate surface area is 145 Å². The lowest BCUT2D eigenvalue weighted by atomic mass is 9.99. The normalized spacial score (nSPS) is 14.1. The van der Waals surface area contributed by atoms with Gasteiger partial charge in [-0.15, -0.1) is 0 Å². The smallest absolute Gasteiger partial charge is 0.151 e. The van der Waals surface area contributed by atoms with Gasteiger partial charge in [0.25, 0.3) is 0 Å². The molecule has 1 atom stereocenters. The van der Waals surface area contributed by atoms with Crippen LogP contribution in [0.5, 0.6) is 0 Å². The number of aldehydes is 1. The van der Waals surface area contributed by atoms with Gasteiger partial charge in [0.05, 0.1) is 0 Å². The van der Waals surface area contributed by atoms with Gasteiger partial charge in [0.2, 0.25) is 0 Å². The highest BCUT2D eigenvalue weighted by molar-refractivity contribution is 5.60. The van der Waals surface area contributed by atoms with Crippen LogP contribution < -0.4 is 0 Å². The summed E-state index contributed by atoms with van der Waals surface area (Å²) in [5.41, 5.74) is -1.10. The highest BCUT2D eigenvalue weighted by Crippen LogP contribution is 2.16. The van der Waals surface area contributed by atoms with Crippen molar-refractivity contribution in [3.63, 3.8) is 0 Å². The van der Waals surface area contributed by atoms with E-state index in [0.29, 0.717) is 12.7 Å². The van der Waals surface area contributed by atoms with Crippen LogP contribution in [-0.4, -0.2) is 17.0 Å². The Kier molecular flexibility index (Phi) is 14.9. The molecule has 0 bridgehead atoms. The highest BCUT2D eigenvalue weighted by atomic mass is 16.3. The molecule has 0 spiro atoms. The van der Waals surface area contributed by atoms with Crippen LogP contribution in [0.3, 0.4) is 0 Å². The average molecular weight is 327 g/mol. The molecule has 23 heavy (non-hydrogen) atoms. The lowest BCUT2D eigenvalue weighted by Crippen LogP contribution is -2.25. The molecule has 0 heterocycles. The second-order valence-electron chi connectivity index (χ2n) is 8.00. The molecular weight excluding hydrogens is 284 g/mol. The monoisotopic (exact) mass is 326 g/mol. The van der Waals surface area contributed by atoms with E-state index in [1.165, 1.54) is 77.0 Å². The van der Waals surface area contributed by atoms with E-state index in [2.05, 4.69) is 13.8 Å². The quantitative estimate of drug-likeness (QED) is 0.246. The summed E-state index contributed by atoms with van der Waals surface area (Å²) in [7, 11) is 0. The number of carbonyl (C=O) groups is 1. The summed E-state index contributed by atoms with van der Waals surface area (Å²) < 4.78 is 0. The van der Waals surface area contributed by atoms with Crippen molar-refractivity contribution < 1.29 is 9.90 Å². The molecule has 0 aromatic rings. The van der Waals surface area contributed by atoms with Gasteiger partial charge in [-0.05, 0) is 19.3 Å². The summed E-state index contributed by atoms with van der Waals surface area (Å²) in [5, 5.41) is 9.57. The van der Waals surface area contributed by atoms with Crippen LogP contribution in [-0.2, 0) is 4.79 Å². The van der Waals surface area contributed by atoms with Gasteiger partial charge in [-0.2, -0.15) is 0 Å². The van der Waals surface area contributed by atoms with E-state index in [0.717, 1.165) is 18.8 Å². The van der Waals surface area contributed by atoms with Crippen LogP contribution in [0.1, 0.15) is 117 Å². The zero-order valence-corrected chi connectivity index (χ0v) is 16.1. The standard InChI is InChI=1S/C21H42O2/c1-20(2)17-15-13-11-9-7-5-4-6-8-10-12-14-16-18-21(3,23)19-22/h19-20,23H,4-18H2,1-3H3. The Bertz CT molecular complexity index is 259. The molecule has 1 unspecified atom stereocenters. The third-order valence-corrected chi connectivity index (χ3v) is 4.72. The van der Waals surface area contributed by atoms with E-state index >= 15 is 0 Å². The largest absolute Gasteiger partial charge is 0.383 e. The van der Waals surface area contributed by atoms with E-state index in [1.807, 2.05) is 0 Å². The van der Waals surface area contributed by atoms with Gasteiger partial charge in [-0.3, -0.25) is 0 Å². The summed E-state index contributed by atoms with van der Waals surface area (Å²) >= 11 is 0. The topological polar surface area (TPSA) is 37.3 Å². The van der Waals surface area contributed by atoms with Gasteiger partial charge in [0.15, 0.2) is 6.29 Å². The molecule has 0 aliphatic rings. The molecule has 0 aromatic heterocycles. The Hall–Kier alpha value is -0.370. The molecule has 0 fully saturated rings. The van der Waals surface area contributed by atoms with Gasteiger partial charge in [-0.25, -0.2) is 0 Å². The number of hydrogen-bond acceptors (Lipinski definition) is 2. The predicted molar refractivity (Wildman–Crippen MR) is 101 cm³/mol. The number of aliphatic hydroxyl groups is 1. The number of unbranched alkanes of at least 4 members (excludes halogenated alkanes) is 12. The molecular formula is C21H42O2. The molecule has 1 N–H and O–H groups in total. The zero-order chi connectivity index (χ0) is 17.4. The molecule has 2 nitrogen and oxygen atoms in total. The Morgan fingerprint density at radius 3 is 1.43 bits per heavy atom. The van der Waals surface area contributed by atoms with Crippen LogP contribution in [0, 0.1) is 5.92 Å². The van der Waals surface area contributed by atoms with Crippen LogP contribution in [0.2, 0.25) is 0 Å². The summed E-state index contributed by atoms with van der Waals surface area (Å²) in [6, 6.07) is 0. The summed E-state index contributed by atoms with van der Waals surface area (Å²) in [4.78, 5) is 10.6.